The second-order valence-electron chi connectivity index (χ2n) is 7.44. The average molecular weight is 385 g/mol. The van der Waals surface area contributed by atoms with Crippen LogP contribution >= 0.6 is 11.3 Å². The van der Waals surface area contributed by atoms with E-state index >= 15 is 0 Å². The van der Waals surface area contributed by atoms with Crippen LogP contribution in [0.4, 0.5) is 5.13 Å². The van der Waals surface area contributed by atoms with Gasteiger partial charge in [-0.15, -0.1) is 10.2 Å². The number of likely N-dealkylation sites (tertiary alicyclic amines) is 1. The van der Waals surface area contributed by atoms with Crippen molar-refractivity contribution in [2.45, 2.75) is 50.5 Å². The summed E-state index contributed by atoms with van der Waals surface area (Å²) in [4.78, 5) is 26.9. The lowest BCUT2D eigenvalue weighted by Gasteiger charge is -2.24. The van der Waals surface area contributed by atoms with Crippen molar-refractivity contribution >= 4 is 28.3 Å². The number of hydrogen-bond acceptors (Lipinski definition) is 5. The molecule has 1 aliphatic heterocycles. The van der Waals surface area contributed by atoms with Crippen LogP contribution in [0.15, 0.2) is 30.3 Å². The first-order valence-corrected chi connectivity index (χ1v) is 10.4. The van der Waals surface area contributed by atoms with E-state index in [0.29, 0.717) is 11.0 Å². The van der Waals surface area contributed by atoms with Gasteiger partial charge in [0.25, 0.3) is 0 Å². The molecule has 1 aromatic heterocycles. The molecule has 2 amide bonds. The molecule has 7 heteroatoms. The highest BCUT2D eigenvalue weighted by molar-refractivity contribution is 7.15. The van der Waals surface area contributed by atoms with Gasteiger partial charge in [0.05, 0.1) is 12.0 Å². The lowest BCUT2D eigenvalue weighted by atomic mass is 9.90. The summed E-state index contributed by atoms with van der Waals surface area (Å²) in [6, 6.07) is 9.48. The van der Waals surface area contributed by atoms with E-state index in [1.165, 1.54) is 30.6 Å². The predicted molar refractivity (Wildman–Crippen MR) is 104 cm³/mol. The first-order chi connectivity index (χ1) is 13.1. The van der Waals surface area contributed by atoms with E-state index in [9.17, 15) is 9.59 Å². The van der Waals surface area contributed by atoms with Crippen LogP contribution in [0, 0.1) is 5.92 Å². The lowest BCUT2D eigenvalue weighted by molar-refractivity contribution is -0.127. The molecular formula is C20H24N4O2S. The van der Waals surface area contributed by atoms with Gasteiger partial charge < -0.3 is 10.2 Å². The highest BCUT2D eigenvalue weighted by atomic mass is 32.1. The number of nitrogens with zero attached hydrogens (tertiary/aromatic N) is 3. The fourth-order valence-electron chi connectivity index (χ4n) is 4.21. The maximum Gasteiger partial charge on any atom is 0.232 e. The van der Waals surface area contributed by atoms with E-state index in [0.717, 1.165) is 23.4 Å². The van der Waals surface area contributed by atoms with Gasteiger partial charge in [0.15, 0.2) is 0 Å². The zero-order valence-electron chi connectivity index (χ0n) is 15.4. The summed E-state index contributed by atoms with van der Waals surface area (Å²) in [5, 5.41) is 12.9. The van der Waals surface area contributed by atoms with Gasteiger partial charge in [0.2, 0.25) is 16.9 Å². The Morgan fingerprint density at radius 2 is 1.89 bits per heavy atom. The van der Waals surface area contributed by atoms with E-state index in [1.807, 2.05) is 30.3 Å². The second kappa shape index (κ2) is 7.76. The van der Waals surface area contributed by atoms with Gasteiger partial charge in [0.1, 0.15) is 5.01 Å². The molecule has 0 unspecified atom stereocenters. The van der Waals surface area contributed by atoms with Crippen LogP contribution in [0.2, 0.25) is 0 Å². The Kier molecular flexibility index (Phi) is 5.20. The molecule has 0 spiro atoms. The van der Waals surface area contributed by atoms with Crippen LogP contribution in [0.1, 0.15) is 61.1 Å². The van der Waals surface area contributed by atoms with Crippen molar-refractivity contribution in [2.24, 2.45) is 5.92 Å². The molecule has 2 aliphatic rings. The second-order valence-corrected chi connectivity index (χ2v) is 8.45. The van der Waals surface area contributed by atoms with Crippen molar-refractivity contribution in [3.63, 3.8) is 0 Å². The van der Waals surface area contributed by atoms with E-state index in [2.05, 4.69) is 15.5 Å². The number of anilines is 1. The molecular weight excluding hydrogens is 360 g/mol. The Hall–Kier alpha value is -2.28. The molecule has 4 rings (SSSR count). The van der Waals surface area contributed by atoms with Crippen LogP contribution in [0.5, 0.6) is 0 Å². The molecule has 2 heterocycles. The Morgan fingerprint density at radius 1 is 1.15 bits per heavy atom. The minimum Gasteiger partial charge on any atom is -0.338 e. The van der Waals surface area contributed by atoms with E-state index in [4.69, 9.17) is 0 Å². The number of rotatable bonds is 4. The molecule has 2 aromatic rings. The van der Waals surface area contributed by atoms with Gasteiger partial charge in [-0.3, -0.25) is 9.59 Å². The first kappa shape index (κ1) is 18.1. The number of amides is 2. The Labute approximate surface area is 163 Å². The summed E-state index contributed by atoms with van der Waals surface area (Å²) < 4.78 is 0. The molecule has 1 N–H and O–H groups in total. The number of benzene rings is 1. The summed E-state index contributed by atoms with van der Waals surface area (Å²) in [7, 11) is 1.76. The minimum absolute atomic E-state index is 0.0100. The summed E-state index contributed by atoms with van der Waals surface area (Å²) in [6.07, 6.45) is 6.29. The standard InChI is InChI=1S/C20H24N4O2S/c1-24-16(25)12-15(17(24)13-8-4-2-5-9-13)18(26)21-20-23-22-19(27-20)14-10-6-3-7-11-14/h2,4-5,8-9,14-15,17H,3,6-7,10-12H2,1H3,(H,21,23,26)/t15-,17+/m1/s1. The predicted octanol–water partition coefficient (Wildman–Crippen LogP) is 3.74. The molecule has 0 bridgehead atoms. The average Bonchev–Trinajstić information content (AvgIpc) is 3.28. The third-order valence-electron chi connectivity index (χ3n) is 5.69. The summed E-state index contributed by atoms with van der Waals surface area (Å²) >= 11 is 1.47. The number of aromatic nitrogens is 2. The number of hydrogen-bond donors (Lipinski definition) is 1. The van der Waals surface area contributed by atoms with Crippen molar-refractivity contribution in [1.82, 2.24) is 15.1 Å². The lowest BCUT2D eigenvalue weighted by Crippen LogP contribution is -2.29. The maximum absolute atomic E-state index is 12.9. The molecule has 2 fully saturated rings. The SMILES string of the molecule is CN1C(=O)C[C@@H](C(=O)Nc2nnc(C3CCCCC3)s2)[C@@H]1c1ccccc1. The van der Waals surface area contributed by atoms with Crippen molar-refractivity contribution in [1.29, 1.82) is 0 Å². The molecule has 1 aromatic carbocycles. The zero-order chi connectivity index (χ0) is 18.8. The molecule has 1 aliphatic carbocycles. The molecule has 0 radical (unpaired) electrons. The van der Waals surface area contributed by atoms with Crippen LogP contribution in [0.3, 0.4) is 0 Å². The zero-order valence-corrected chi connectivity index (χ0v) is 16.2. The molecule has 2 atom stereocenters. The fraction of sp³-hybridized carbons (Fsp3) is 0.500. The van der Waals surface area contributed by atoms with Crippen molar-refractivity contribution in [3.05, 3.63) is 40.9 Å². The Morgan fingerprint density at radius 3 is 2.63 bits per heavy atom. The summed E-state index contributed by atoms with van der Waals surface area (Å²) in [5.41, 5.74) is 0.978. The minimum atomic E-state index is -0.424. The number of carbonyl (C=O) groups is 2. The fourth-order valence-corrected chi connectivity index (χ4v) is 5.12. The van der Waals surface area contributed by atoms with Gasteiger partial charge in [-0.25, -0.2) is 0 Å². The van der Waals surface area contributed by atoms with E-state index in [1.54, 1.807) is 11.9 Å². The third-order valence-corrected chi connectivity index (χ3v) is 6.69. The number of carbonyl (C=O) groups excluding carboxylic acids is 2. The van der Waals surface area contributed by atoms with Gasteiger partial charge in [-0.05, 0) is 18.4 Å². The molecule has 1 saturated heterocycles. The van der Waals surface area contributed by atoms with E-state index in [-0.39, 0.29) is 24.3 Å². The Bertz CT molecular complexity index is 816. The van der Waals surface area contributed by atoms with Gasteiger partial charge in [0, 0.05) is 19.4 Å². The van der Waals surface area contributed by atoms with Crippen LogP contribution in [-0.2, 0) is 9.59 Å². The quantitative estimate of drug-likeness (QED) is 0.871. The van der Waals surface area contributed by atoms with Gasteiger partial charge in [-0.1, -0.05) is 60.9 Å². The highest BCUT2D eigenvalue weighted by Gasteiger charge is 2.42. The van der Waals surface area contributed by atoms with E-state index < -0.39 is 5.92 Å². The first-order valence-electron chi connectivity index (χ1n) is 9.58. The molecule has 6 nitrogen and oxygen atoms in total. The number of nitrogens with one attached hydrogen (secondary N) is 1. The normalized spacial score (nSPS) is 23.6. The molecule has 142 valence electrons. The molecule has 27 heavy (non-hydrogen) atoms. The topological polar surface area (TPSA) is 75.2 Å². The van der Waals surface area contributed by atoms with Crippen molar-refractivity contribution in [3.8, 4) is 0 Å². The van der Waals surface area contributed by atoms with Crippen LogP contribution in [-0.4, -0.2) is 34.0 Å². The maximum atomic E-state index is 12.9. The largest absolute Gasteiger partial charge is 0.338 e. The smallest absolute Gasteiger partial charge is 0.232 e. The van der Waals surface area contributed by atoms with Crippen LogP contribution < -0.4 is 5.32 Å². The molecule has 1 saturated carbocycles. The summed E-state index contributed by atoms with van der Waals surface area (Å²) in [5.74, 6) is -0.123. The van der Waals surface area contributed by atoms with Gasteiger partial charge >= 0.3 is 0 Å². The third kappa shape index (κ3) is 3.74. The van der Waals surface area contributed by atoms with Crippen molar-refractivity contribution < 1.29 is 9.59 Å². The highest BCUT2D eigenvalue weighted by Crippen LogP contribution is 2.39. The van der Waals surface area contributed by atoms with Crippen LogP contribution in [0.25, 0.3) is 0 Å². The monoisotopic (exact) mass is 384 g/mol. The Balaban J connectivity index is 1.48. The van der Waals surface area contributed by atoms with Crippen molar-refractivity contribution in [2.75, 3.05) is 12.4 Å². The summed E-state index contributed by atoms with van der Waals surface area (Å²) in [6.45, 7) is 0. The van der Waals surface area contributed by atoms with Gasteiger partial charge in [-0.2, -0.15) is 0 Å².